The molecule has 0 amide bonds. The van der Waals surface area contributed by atoms with E-state index in [1.807, 2.05) is 0 Å². The second-order valence-electron chi connectivity index (χ2n) is 5.98. The Morgan fingerprint density at radius 1 is 1.40 bits per heavy atom. The SMILES string of the molecule is N#CCC1CN[C@H]2Cc3c(Cl)[nH]c4cccc(c34)[C@@H]2C1. The maximum Gasteiger partial charge on any atom is 0.110 e. The van der Waals surface area contributed by atoms with Gasteiger partial charge >= 0.3 is 0 Å². The lowest BCUT2D eigenvalue weighted by Gasteiger charge is -2.40. The number of H-pyrrole nitrogens is 1. The van der Waals surface area contributed by atoms with E-state index in [0.29, 0.717) is 24.3 Å². The Kier molecular flexibility index (Phi) is 2.76. The van der Waals surface area contributed by atoms with Crippen LogP contribution in [0.4, 0.5) is 0 Å². The largest absolute Gasteiger partial charge is 0.345 e. The topological polar surface area (TPSA) is 51.6 Å². The molecule has 1 aromatic carbocycles. The predicted octanol–water partition coefficient (Wildman–Crippen LogP) is 3.35. The maximum absolute atomic E-state index is 8.93. The van der Waals surface area contributed by atoms with Gasteiger partial charge in [-0.05, 0) is 42.5 Å². The van der Waals surface area contributed by atoms with Gasteiger partial charge in [0.25, 0.3) is 0 Å². The first kappa shape index (κ1) is 12.3. The highest BCUT2D eigenvalue weighted by atomic mass is 35.5. The smallest absolute Gasteiger partial charge is 0.110 e. The third-order valence-corrected chi connectivity index (χ3v) is 5.18. The highest BCUT2D eigenvalue weighted by Crippen LogP contribution is 2.44. The van der Waals surface area contributed by atoms with Crippen molar-refractivity contribution in [2.45, 2.75) is 31.2 Å². The Hall–Kier alpha value is -1.50. The molecule has 1 aromatic heterocycles. The van der Waals surface area contributed by atoms with Crippen LogP contribution in [-0.2, 0) is 6.42 Å². The predicted molar refractivity (Wildman–Crippen MR) is 79.9 cm³/mol. The van der Waals surface area contributed by atoms with Gasteiger partial charge in [0, 0.05) is 29.3 Å². The van der Waals surface area contributed by atoms with Gasteiger partial charge in [0.1, 0.15) is 5.15 Å². The molecular weight excluding hydrogens is 270 g/mol. The Labute approximate surface area is 122 Å². The molecule has 2 N–H and O–H groups in total. The third-order valence-electron chi connectivity index (χ3n) is 4.85. The first-order valence-corrected chi connectivity index (χ1v) is 7.55. The van der Waals surface area contributed by atoms with Gasteiger partial charge in [0.15, 0.2) is 0 Å². The number of aromatic amines is 1. The second-order valence-corrected chi connectivity index (χ2v) is 6.35. The molecule has 2 aliphatic rings. The van der Waals surface area contributed by atoms with Gasteiger partial charge in [-0.2, -0.15) is 5.26 Å². The standard InChI is InChI=1S/C16H16ClN3/c17-16-12-7-14-11(6-9(4-5-18)8-19-14)10-2-1-3-13(20-16)15(10)12/h1-3,9,11,14,19-20H,4,6-8H2/t9?,11-,14-/m0/s1. The molecule has 0 radical (unpaired) electrons. The number of nitrogens with zero attached hydrogens (tertiary/aromatic N) is 1. The molecule has 2 aromatic rings. The van der Waals surface area contributed by atoms with E-state index < -0.39 is 0 Å². The van der Waals surface area contributed by atoms with Crippen LogP contribution >= 0.6 is 11.6 Å². The minimum absolute atomic E-state index is 0.455. The molecule has 0 saturated carbocycles. The van der Waals surface area contributed by atoms with Crippen LogP contribution in [0.25, 0.3) is 10.9 Å². The number of rotatable bonds is 1. The molecule has 102 valence electrons. The molecule has 1 fully saturated rings. The molecule has 20 heavy (non-hydrogen) atoms. The van der Waals surface area contributed by atoms with E-state index in [1.165, 1.54) is 16.5 Å². The number of hydrogen-bond acceptors (Lipinski definition) is 2. The number of halogens is 1. The summed E-state index contributed by atoms with van der Waals surface area (Å²) in [5.74, 6) is 0.970. The lowest BCUT2D eigenvalue weighted by atomic mass is 9.73. The third kappa shape index (κ3) is 1.69. The van der Waals surface area contributed by atoms with Crippen LogP contribution in [0, 0.1) is 17.2 Å². The number of fused-ring (bicyclic) bond motifs is 2. The molecule has 1 aliphatic carbocycles. The van der Waals surface area contributed by atoms with Crippen molar-refractivity contribution in [3.05, 3.63) is 34.5 Å². The lowest BCUT2D eigenvalue weighted by Crippen LogP contribution is -2.46. The van der Waals surface area contributed by atoms with Crippen molar-refractivity contribution in [3.63, 3.8) is 0 Å². The van der Waals surface area contributed by atoms with E-state index in [-0.39, 0.29) is 0 Å². The molecule has 3 nitrogen and oxygen atoms in total. The lowest BCUT2D eigenvalue weighted by molar-refractivity contribution is 0.271. The summed E-state index contributed by atoms with van der Waals surface area (Å²) in [5, 5.41) is 14.7. The fourth-order valence-electron chi connectivity index (χ4n) is 3.94. The van der Waals surface area contributed by atoms with Crippen molar-refractivity contribution in [1.82, 2.24) is 10.3 Å². The second kappa shape index (κ2) is 4.51. The van der Waals surface area contributed by atoms with E-state index in [0.717, 1.165) is 30.1 Å². The number of benzene rings is 1. The highest BCUT2D eigenvalue weighted by molar-refractivity contribution is 6.32. The average molecular weight is 286 g/mol. The number of hydrogen-bond donors (Lipinski definition) is 2. The van der Waals surface area contributed by atoms with Gasteiger partial charge in [0.2, 0.25) is 0 Å². The minimum atomic E-state index is 0.455. The van der Waals surface area contributed by atoms with Crippen molar-refractivity contribution in [3.8, 4) is 6.07 Å². The summed E-state index contributed by atoms with van der Waals surface area (Å²) in [6.45, 7) is 0.947. The van der Waals surface area contributed by atoms with Gasteiger partial charge in [-0.15, -0.1) is 0 Å². The number of piperidine rings is 1. The van der Waals surface area contributed by atoms with Crippen LogP contribution in [-0.4, -0.2) is 17.6 Å². The van der Waals surface area contributed by atoms with Crippen LogP contribution < -0.4 is 5.32 Å². The first-order valence-electron chi connectivity index (χ1n) is 7.17. The zero-order valence-electron chi connectivity index (χ0n) is 11.1. The molecule has 2 heterocycles. The van der Waals surface area contributed by atoms with Crippen molar-refractivity contribution in [1.29, 1.82) is 5.26 Å². The summed E-state index contributed by atoms with van der Waals surface area (Å²) >= 11 is 6.36. The molecule has 0 bridgehead atoms. The summed E-state index contributed by atoms with van der Waals surface area (Å²) in [7, 11) is 0. The molecule has 1 unspecified atom stereocenters. The monoisotopic (exact) mass is 285 g/mol. The van der Waals surface area contributed by atoms with Crippen LogP contribution in [0.5, 0.6) is 0 Å². The Morgan fingerprint density at radius 3 is 3.15 bits per heavy atom. The van der Waals surface area contributed by atoms with Gasteiger partial charge in [-0.1, -0.05) is 23.7 Å². The zero-order valence-corrected chi connectivity index (χ0v) is 11.9. The molecular formula is C16H16ClN3. The highest BCUT2D eigenvalue weighted by Gasteiger charge is 2.37. The van der Waals surface area contributed by atoms with Gasteiger partial charge < -0.3 is 10.3 Å². The number of nitriles is 1. The van der Waals surface area contributed by atoms with Gasteiger partial charge in [0.05, 0.1) is 6.07 Å². The Morgan fingerprint density at radius 2 is 2.30 bits per heavy atom. The van der Waals surface area contributed by atoms with E-state index >= 15 is 0 Å². The van der Waals surface area contributed by atoms with E-state index in [1.54, 1.807) is 0 Å². The quantitative estimate of drug-likeness (QED) is 0.844. The summed E-state index contributed by atoms with van der Waals surface area (Å²) < 4.78 is 0. The van der Waals surface area contributed by atoms with Crippen LogP contribution in [0.2, 0.25) is 5.15 Å². The zero-order chi connectivity index (χ0) is 13.7. The molecule has 4 rings (SSSR count). The van der Waals surface area contributed by atoms with Crippen molar-refractivity contribution >= 4 is 22.5 Å². The van der Waals surface area contributed by atoms with Gasteiger partial charge in [-0.3, -0.25) is 0 Å². The summed E-state index contributed by atoms with van der Waals surface area (Å²) in [5.41, 5.74) is 3.79. The maximum atomic E-state index is 8.93. The molecule has 1 aliphatic heterocycles. The first-order chi connectivity index (χ1) is 9.78. The van der Waals surface area contributed by atoms with Crippen LogP contribution in [0.1, 0.15) is 29.9 Å². The van der Waals surface area contributed by atoms with E-state index in [9.17, 15) is 0 Å². The number of nitrogens with one attached hydrogen (secondary N) is 2. The fraction of sp³-hybridized carbons (Fsp3) is 0.438. The average Bonchev–Trinajstić information content (AvgIpc) is 2.78. The molecule has 0 spiro atoms. The van der Waals surface area contributed by atoms with Crippen molar-refractivity contribution in [2.75, 3.05) is 6.54 Å². The summed E-state index contributed by atoms with van der Waals surface area (Å²) in [6.07, 6.45) is 2.74. The molecule has 3 atom stereocenters. The van der Waals surface area contributed by atoms with Crippen LogP contribution in [0.15, 0.2) is 18.2 Å². The van der Waals surface area contributed by atoms with Crippen LogP contribution in [0.3, 0.4) is 0 Å². The van der Waals surface area contributed by atoms with Gasteiger partial charge in [-0.25, -0.2) is 0 Å². The molecule has 4 heteroatoms. The number of aromatic nitrogens is 1. The summed E-state index contributed by atoms with van der Waals surface area (Å²) in [6, 6.07) is 9.19. The van der Waals surface area contributed by atoms with Crippen molar-refractivity contribution in [2.24, 2.45) is 5.92 Å². The van der Waals surface area contributed by atoms with Crippen molar-refractivity contribution < 1.29 is 0 Å². The normalized spacial score (nSPS) is 28.1. The minimum Gasteiger partial charge on any atom is -0.345 e. The Bertz CT molecular complexity index is 712. The van der Waals surface area contributed by atoms with E-state index in [2.05, 4.69) is 34.6 Å². The summed E-state index contributed by atoms with van der Waals surface area (Å²) in [4.78, 5) is 3.29. The molecule has 1 saturated heterocycles. The Balaban J connectivity index is 1.82. The fourth-order valence-corrected chi connectivity index (χ4v) is 4.22. The van der Waals surface area contributed by atoms with E-state index in [4.69, 9.17) is 16.9 Å².